The molecule has 0 radical (unpaired) electrons. The zero-order valence-electron chi connectivity index (χ0n) is 14.2. The number of benzene rings is 2. The maximum atomic E-state index is 12.2. The van der Waals surface area contributed by atoms with Gasteiger partial charge in [0.25, 0.3) is 0 Å². The van der Waals surface area contributed by atoms with Crippen LogP contribution >= 0.6 is 11.8 Å². The summed E-state index contributed by atoms with van der Waals surface area (Å²) < 4.78 is 4.64. The van der Waals surface area contributed by atoms with E-state index in [0.717, 1.165) is 10.6 Å². The second kappa shape index (κ2) is 8.05. The summed E-state index contributed by atoms with van der Waals surface area (Å²) in [6, 6.07) is 14.1. The maximum absolute atomic E-state index is 12.2. The molecule has 1 heterocycles. The van der Waals surface area contributed by atoms with Crippen molar-refractivity contribution >= 4 is 40.9 Å². The van der Waals surface area contributed by atoms with Gasteiger partial charge >= 0.3 is 5.97 Å². The Hall–Kier alpha value is -2.80. The van der Waals surface area contributed by atoms with Crippen LogP contribution in [0.5, 0.6) is 0 Å². The van der Waals surface area contributed by atoms with Crippen LogP contribution in [-0.2, 0) is 14.3 Å². The highest BCUT2D eigenvalue weighted by molar-refractivity contribution is 8.00. The molecule has 0 saturated heterocycles. The van der Waals surface area contributed by atoms with Gasteiger partial charge < -0.3 is 15.0 Å². The number of methoxy groups -OCH3 is 1. The van der Waals surface area contributed by atoms with Crippen molar-refractivity contribution in [3.8, 4) is 0 Å². The Balaban J connectivity index is 1.59. The smallest absolute Gasteiger partial charge is 0.337 e. The maximum Gasteiger partial charge on any atom is 0.337 e. The molecule has 134 valence electrons. The summed E-state index contributed by atoms with van der Waals surface area (Å²) >= 11 is 1.51. The van der Waals surface area contributed by atoms with Crippen LogP contribution in [0, 0.1) is 0 Å². The number of nitrogens with zero attached hydrogens (tertiary/aromatic N) is 1. The molecule has 2 aromatic rings. The Morgan fingerprint density at radius 1 is 1.15 bits per heavy atom. The molecule has 0 aliphatic carbocycles. The van der Waals surface area contributed by atoms with E-state index >= 15 is 0 Å². The molecular formula is C19H18N2O4S. The standard InChI is InChI=1S/C19H18N2O4S/c1-25-19(24)13-6-8-14(9-7-13)20-17(22)10-11-21-15-4-2-3-5-16(15)26-12-18(21)23/h2-9H,10-12H2,1H3,(H,20,22). The van der Waals surface area contributed by atoms with Crippen molar-refractivity contribution in [3.63, 3.8) is 0 Å². The molecule has 2 aromatic carbocycles. The highest BCUT2D eigenvalue weighted by Gasteiger charge is 2.24. The van der Waals surface area contributed by atoms with Gasteiger partial charge in [-0.15, -0.1) is 11.8 Å². The van der Waals surface area contributed by atoms with E-state index in [0.29, 0.717) is 23.5 Å². The van der Waals surface area contributed by atoms with E-state index in [1.807, 2.05) is 24.3 Å². The molecule has 1 aliphatic rings. The van der Waals surface area contributed by atoms with Gasteiger partial charge in [0.15, 0.2) is 0 Å². The molecule has 0 fully saturated rings. The van der Waals surface area contributed by atoms with Gasteiger partial charge in [0, 0.05) is 23.5 Å². The van der Waals surface area contributed by atoms with Gasteiger partial charge in [-0.1, -0.05) is 12.1 Å². The van der Waals surface area contributed by atoms with E-state index in [1.165, 1.54) is 18.9 Å². The molecule has 6 nitrogen and oxygen atoms in total. The molecule has 0 atom stereocenters. The minimum absolute atomic E-state index is 0.00364. The normalized spacial score (nSPS) is 13.1. The number of amides is 2. The number of hydrogen-bond acceptors (Lipinski definition) is 5. The Bertz CT molecular complexity index is 836. The lowest BCUT2D eigenvalue weighted by Gasteiger charge is -2.28. The van der Waals surface area contributed by atoms with Crippen molar-refractivity contribution in [2.75, 3.05) is 29.6 Å². The second-order valence-electron chi connectivity index (χ2n) is 5.67. The average molecular weight is 370 g/mol. The summed E-state index contributed by atoms with van der Waals surface area (Å²) in [6.45, 7) is 0.322. The van der Waals surface area contributed by atoms with Crippen molar-refractivity contribution in [2.45, 2.75) is 11.3 Å². The first-order valence-corrected chi connectivity index (χ1v) is 9.07. The second-order valence-corrected chi connectivity index (χ2v) is 6.69. The number of ether oxygens (including phenoxy) is 1. The monoisotopic (exact) mass is 370 g/mol. The number of esters is 1. The third-order valence-electron chi connectivity index (χ3n) is 3.96. The van der Waals surface area contributed by atoms with E-state index in [1.54, 1.807) is 29.2 Å². The van der Waals surface area contributed by atoms with Gasteiger partial charge in [0.1, 0.15) is 0 Å². The van der Waals surface area contributed by atoms with Gasteiger partial charge in [-0.05, 0) is 36.4 Å². The molecule has 0 saturated carbocycles. The molecule has 7 heteroatoms. The lowest BCUT2D eigenvalue weighted by atomic mass is 10.2. The molecule has 0 spiro atoms. The SMILES string of the molecule is COC(=O)c1ccc(NC(=O)CCN2C(=O)CSc3ccccc32)cc1. The van der Waals surface area contributed by atoms with Gasteiger partial charge in [-0.25, -0.2) is 4.79 Å². The number of carbonyl (C=O) groups is 3. The highest BCUT2D eigenvalue weighted by atomic mass is 32.2. The minimum atomic E-state index is -0.428. The third-order valence-corrected chi connectivity index (χ3v) is 5.01. The fourth-order valence-corrected chi connectivity index (χ4v) is 3.58. The van der Waals surface area contributed by atoms with Crippen LogP contribution in [0.15, 0.2) is 53.4 Å². The first kappa shape index (κ1) is 18.0. The van der Waals surface area contributed by atoms with Crippen molar-refractivity contribution in [1.29, 1.82) is 0 Å². The highest BCUT2D eigenvalue weighted by Crippen LogP contribution is 2.34. The fourth-order valence-electron chi connectivity index (χ4n) is 2.64. The van der Waals surface area contributed by atoms with Gasteiger partial charge in [-0.2, -0.15) is 0 Å². The minimum Gasteiger partial charge on any atom is -0.465 e. The quantitative estimate of drug-likeness (QED) is 0.819. The van der Waals surface area contributed by atoms with E-state index in [9.17, 15) is 14.4 Å². The van der Waals surface area contributed by atoms with Gasteiger partial charge in [-0.3, -0.25) is 9.59 Å². The third kappa shape index (κ3) is 4.05. The molecule has 0 unspecified atom stereocenters. The van der Waals surface area contributed by atoms with Crippen molar-refractivity contribution < 1.29 is 19.1 Å². The summed E-state index contributed by atoms with van der Waals surface area (Å²) in [4.78, 5) is 38.5. The summed E-state index contributed by atoms with van der Waals surface area (Å²) in [7, 11) is 1.32. The molecule has 0 aromatic heterocycles. The van der Waals surface area contributed by atoms with E-state index in [-0.39, 0.29) is 18.2 Å². The van der Waals surface area contributed by atoms with E-state index in [2.05, 4.69) is 10.1 Å². The van der Waals surface area contributed by atoms with Crippen LogP contribution in [0.1, 0.15) is 16.8 Å². The number of rotatable bonds is 5. The van der Waals surface area contributed by atoms with Crippen molar-refractivity contribution in [2.24, 2.45) is 0 Å². The fraction of sp³-hybridized carbons (Fsp3) is 0.211. The number of anilines is 2. The number of para-hydroxylation sites is 1. The molecule has 1 N–H and O–H groups in total. The molecule has 26 heavy (non-hydrogen) atoms. The van der Waals surface area contributed by atoms with Crippen LogP contribution in [0.2, 0.25) is 0 Å². The van der Waals surface area contributed by atoms with Crippen molar-refractivity contribution in [1.82, 2.24) is 0 Å². The number of hydrogen-bond donors (Lipinski definition) is 1. The van der Waals surface area contributed by atoms with E-state index < -0.39 is 5.97 Å². The van der Waals surface area contributed by atoms with Gasteiger partial charge in [0.2, 0.25) is 11.8 Å². The number of carbonyl (C=O) groups excluding carboxylic acids is 3. The first-order chi connectivity index (χ1) is 12.6. The molecule has 0 bridgehead atoms. The predicted octanol–water partition coefficient (Wildman–Crippen LogP) is 2.94. The Morgan fingerprint density at radius 3 is 2.62 bits per heavy atom. The lowest BCUT2D eigenvalue weighted by molar-refractivity contribution is -0.117. The van der Waals surface area contributed by atoms with Crippen LogP contribution in [0.25, 0.3) is 0 Å². The first-order valence-electron chi connectivity index (χ1n) is 8.09. The average Bonchev–Trinajstić information content (AvgIpc) is 2.67. The Kier molecular flexibility index (Phi) is 5.58. The summed E-state index contributed by atoms with van der Waals surface area (Å²) in [5.74, 6) is -0.237. The Labute approximate surface area is 155 Å². The summed E-state index contributed by atoms with van der Waals surface area (Å²) in [5.41, 5.74) is 1.85. The zero-order valence-corrected chi connectivity index (χ0v) is 15.0. The van der Waals surface area contributed by atoms with Crippen LogP contribution < -0.4 is 10.2 Å². The zero-order chi connectivity index (χ0) is 18.5. The summed E-state index contributed by atoms with van der Waals surface area (Å²) in [5, 5.41) is 2.77. The molecule has 2 amide bonds. The number of thioether (sulfide) groups is 1. The summed E-state index contributed by atoms with van der Waals surface area (Å²) in [6.07, 6.45) is 0.184. The topological polar surface area (TPSA) is 75.7 Å². The number of nitrogens with one attached hydrogen (secondary N) is 1. The predicted molar refractivity (Wildman–Crippen MR) is 101 cm³/mol. The largest absolute Gasteiger partial charge is 0.465 e. The Morgan fingerprint density at radius 2 is 1.88 bits per heavy atom. The molecule has 3 rings (SSSR count). The van der Waals surface area contributed by atoms with E-state index in [4.69, 9.17) is 0 Å². The molecule has 1 aliphatic heterocycles. The van der Waals surface area contributed by atoms with Crippen LogP contribution in [0.3, 0.4) is 0 Å². The molecular weight excluding hydrogens is 352 g/mol. The van der Waals surface area contributed by atoms with Crippen LogP contribution in [0.4, 0.5) is 11.4 Å². The lowest BCUT2D eigenvalue weighted by Crippen LogP contribution is -2.37. The van der Waals surface area contributed by atoms with Gasteiger partial charge in [0.05, 0.1) is 24.1 Å². The number of fused-ring (bicyclic) bond motifs is 1. The van der Waals surface area contributed by atoms with Crippen LogP contribution in [-0.4, -0.2) is 37.2 Å². The van der Waals surface area contributed by atoms with Crippen molar-refractivity contribution in [3.05, 3.63) is 54.1 Å².